The third kappa shape index (κ3) is 2.93. The zero-order valence-corrected chi connectivity index (χ0v) is 12.5. The average molecular weight is 303 g/mol. The van der Waals surface area contributed by atoms with Gasteiger partial charge in [-0.1, -0.05) is 30.3 Å². The first-order valence-corrected chi connectivity index (χ1v) is 7.80. The van der Waals surface area contributed by atoms with E-state index >= 15 is 0 Å². The summed E-state index contributed by atoms with van der Waals surface area (Å²) in [7, 11) is 0. The highest BCUT2D eigenvalue weighted by Crippen LogP contribution is 2.53. The Morgan fingerprint density at radius 2 is 2.00 bits per heavy atom. The maximum atomic E-state index is 12.1. The molecule has 3 atom stereocenters. The van der Waals surface area contributed by atoms with Crippen LogP contribution in [0.25, 0.3) is 0 Å². The van der Waals surface area contributed by atoms with Gasteiger partial charge in [0.1, 0.15) is 6.61 Å². The van der Waals surface area contributed by atoms with Crippen LogP contribution in [0, 0.1) is 11.8 Å². The summed E-state index contributed by atoms with van der Waals surface area (Å²) in [5.41, 5.74) is 0.292. The number of aliphatic carboxylic acids is 1. The van der Waals surface area contributed by atoms with Crippen molar-refractivity contribution in [1.82, 2.24) is 5.32 Å². The molecule has 2 N–H and O–H groups in total. The van der Waals surface area contributed by atoms with Crippen LogP contribution in [0.1, 0.15) is 37.7 Å². The molecule has 0 bridgehead atoms. The fourth-order valence-corrected chi connectivity index (χ4v) is 3.92. The number of fused-ring (bicyclic) bond motifs is 1. The summed E-state index contributed by atoms with van der Waals surface area (Å²) in [6.45, 7) is 0.198. The third-order valence-corrected chi connectivity index (χ3v) is 5.12. The van der Waals surface area contributed by atoms with Crippen LogP contribution in [0.5, 0.6) is 0 Å². The predicted molar refractivity (Wildman–Crippen MR) is 80.2 cm³/mol. The van der Waals surface area contributed by atoms with Crippen LogP contribution >= 0.6 is 0 Å². The molecular weight excluding hydrogens is 282 g/mol. The second-order valence-electron chi connectivity index (χ2n) is 6.40. The molecule has 0 aliphatic heterocycles. The number of carbonyl (C=O) groups is 2. The molecule has 3 unspecified atom stereocenters. The van der Waals surface area contributed by atoms with Crippen molar-refractivity contribution in [3.8, 4) is 0 Å². The molecule has 2 aliphatic carbocycles. The van der Waals surface area contributed by atoms with Gasteiger partial charge in [0.15, 0.2) is 0 Å². The summed E-state index contributed by atoms with van der Waals surface area (Å²) < 4.78 is 5.26. The third-order valence-electron chi connectivity index (χ3n) is 5.12. The quantitative estimate of drug-likeness (QED) is 0.877. The minimum atomic E-state index is -0.865. The summed E-state index contributed by atoms with van der Waals surface area (Å²) in [6, 6.07) is 9.45. The van der Waals surface area contributed by atoms with Gasteiger partial charge in [-0.25, -0.2) is 4.79 Å². The van der Waals surface area contributed by atoms with Crippen LogP contribution in [0.15, 0.2) is 30.3 Å². The molecule has 0 spiro atoms. The number of carboxylic acids is 1. The smallest absolute Gasteiger partial charge is 0.407 e. The molecule has 0 aromatic heterocycles. The molecule has 5 heteroatoms. The van der Waals surface area contributed by atoms with Crippen LogP contribution in [-0.2, 0) is 16.1 Å². The van der Waals surface area contributed by atoms with E-state index < -0.39 is 17.6 Å². The second kappa shape index (κ2) is 5.99. The molecule has 5 nitrogen and oxygen atoms in total. The summed E-state index contributed by atoms with van der Waals surface area (Å²) in [5.74, 6) is -0.0162. The van der Waals surface area contributed by atoms with Crippen molar-refractivity contribution in [2.45, 2.75) is 44.2 Å². The van der Waals surface area contributed by atoms with Crippen LogP contribution in [0.4, 0.5) is 4.79 Å². The molecule has 2 aliphatic rings. The number of nitrogens with one attached hydrogen (secondary N) is 1. The minimum Gasteiger partial charge on any atom is -0.481 e. The Bertz CT molecular complexity index is 559. The Labute approximate surface area is 129 Å². The molecule has 1 amide bonds. The van der Waals surface area contributed by atoms with Gasteiger partial charge in [-0.2, -0.15) is 0 Å². The van der Waals surface area contributed by atoms with E-state index in [1.54, 1.807) is 0 Å². The summed E-state index contributed by atoms with van der Waals surface area (Å²) in [6.07, 6.45) is 3.34. The molecule has 0 radical (unpaired) electrons. The van der Waals surface area contributed by atoms with E-state index in [0.717, 1.165) is 31.2 Å². The first kappa shape index (κ1) is 14.9. The lowest BCUT2D eigenvalue weighted by Crippen LogP contribution is -2.55. The van der Waals surface area contributed by atoms with Crippen molar-refractivity contribution in [3.63, 3.8) is 0 Å². The van der Waals surface area contributed by atoms with Gasteiger partial charge in [-0.3, -0.25) is 4.79 Å². The standard InChI is InChI=1S/C17H21NO4/c19-15(20)10-17(9-8-13-6-7-14(13)17)18-16(21)22-11-12-4-2-1-3-5-12/h1-5,13-14H,6-11H2,(H,18,21)(H,19,20). The fourth-order valence-electron chi connectivity index (χ4n) is 3.92. The predicted octanol–water partition coefficient (Wildman–Crippen LogP) is 2.95. The van der Waals surface area contributed by atoms with Gasteiger partial charge < -0.3 is 15.2 Å². The first-order chi connectivity index (χ1) is 10.6. The maximum Gasteiger partial charge on any atom is 0.407 e. The first-order valence-electron chi connectivity index (χ1n) is 7.80. The molecule has 118 valence electrons. The van der Waals surface area contributed by atoms with Gasteiger partial charge >= 0.3 is 12.1 Å². The van der Waals surface area contributed by atoms with Crippen molar-refractivity contribution < 1.29 is 19.4 Å². The van der Waals surface area contributed by atoms with Crippen molar-refractivity contribution in [2.75, 3.05) is 0 Å². The molecule has 1 aromatic rings. The van der Waals surface area contributed by atoms with E-state index in [4.69, 9.17) is 4.74 Å². The van der Waals surface area contributed by atoms with Crippen LogP contribution in [-0.4, -0.2) is 22.7 Å². The highest BCUT2D eigenvalue weighted by atomic mass is 16.5. The molecule has 22 heavy (non-hydrogen) atoms. The van der Waals surface area contributed by atoms with Gasteiger partial charge in [-0.15, -0.1) is 0 Å². The Morgan fingerprint density at radius 1 is 1.23 bits per heavy atom. The number of amides is 1. The minimum absolute atomic E-state index is 0.0192. The molecule has 0 heterocycles. The average Bonchev–Trinajstić information content (AvgIpc) is 2.66. The Balaban J connectivity index is 1.61. The molecule has 0 saturated heterocycles. The maximum absolute atomic E-state index is 12.1. The monoisotopic (exact) mass is 303 g/mol. The van der Waals surface area contributed by atoms with Crippen molar-refractivity contribution in [3.05, 3.63) is 35.9 Å². The van der Waals surface area contributed by atoms with E-state index in [0.29, 0.717) is 5.92 Å². The number of hydrogen-bond acceptors (Lipinski definition) is 3. The Morgan fingerprint density at radius 3 is 2.59 bits per heavy atom. The number of hydrogen-bond donors (Lipinski definition) is 2. The second-order valence-corrected chi connectivity index (χ2v) is 6.40. The number of ether oxygens (including phenoxy) is 1. The zero-order valence-electron chi connectivity index (χ0n) is 12.5. The number of rotatable bonds is 5. The molecular formula is C17H21NO4. The van der Waals surface area contributed by atoms with Crippen molar-refractivity contribution in [1.29, 1.82) is 0 Å². The van der Waals surface area contributed by atoms with Crippen LogP contribution in [0.3, 0.4) is 0 Å². The Kier molecular flexibility index (Phi) is 4.05. The number of benzene rings is 1. The topological polar surface area (TPSA) is 75.6 Å². The lowest BCUT2D eigenvalue weighted by Gasteiger charge is -2.42. The largest absolute Gasteiger partial charge is 0.481 e. The van der Waals surface area contributed by atoms with Gasteiger partial charge in [0.25, 0.3) is 0 Å². The lowest BCUT2D eigenvalue weighted by molar-refractivity contribution is -0.139. The zero-order chi connectivity index (χ0) is 15.6. The molecule has 3 rings (SSSR count). The summed E-state index contributed by atoms with van der Waals surface area (Å²) >= 11 is 0. The van der Waals surface area contributed by atoms with Gasteiger partial charge in [0.2, 0.25) is 0 Å². The highest BCUT2D eigenvalue weighted by Gasteiger charge is 2.54. The molecule has 2 saturated carbocycles. The van der Waals surface area contributed by atoms with E-state index in [-0.39, 0.29) is 18.9 Å². The number of carbonyl (C=O) groups excluding carboxylic acids is 1. The van der Waals surface area contributed by atoms with Gasteiger partial charge in [0, 0.05) is 0 Å². The lowest BCUT2D eigenvalue weighted by atomic mass is 9.68. The van der Waals surface area contributed by atoms with Crippen molar-refractivity contribution in [2.24, 2.45) is 11.8 Å². The SMILES string of the molecule is O=C(O)CC1(NC(=O)OCc2ccccc2)CCC2CCC21. The van der Waals surface area contributed by atoms with Crippen LogP contribution < -0.4 is 5.32 Å². The van der Waals surface area contributed by atoms with Crippen LogP contribution in [0.2, 0.25) is 0 Å². The number of carboxylic acid groups (broad SMARTS) is 1. The van der Waals surface area contributed by atoms with E-state index in [2.05, 4.69) is 5.32 Å². The highest BCUT2D eigenvalue weighted by molar-refractivity contribution is 5.73. The van der Waals surface area contributed by atoms with Gasteiger partial charge in [0.05, 0.1) is 12.0 Å². The van der Waals surface area contributed by atoms with E-state index in [1.807, 2.05) is 30.3 Å². The fraction of sp³-hybridized carbons (Fsp3) is 0.529. The molecule has 2 fully saturated rings. The van der Waals surface area contributed by atoms with Gasteiger partial charge in [-0.05, 0) is 43.1 Å². The Hall–Kier alpha value is -2.04. The normalized spacial score (nSPS) is 29.3. The summed E-state index contributed by atoms with van der Waals surface area (Å²) in [5, 5.41) is 12.1. The summed E-state index contributed by atoms with van der Waals surface area (Å²) in [4.78, 5) is 23.3. The molecule has 1 aromatic carbocycles. The van der Waals surface area contributed by atoms with E-state index in [1.165, 1.54) is 0 Å². The van der Waals surface area contributed by atoms with Crippen molar-refractivity contribution >= 4 is 12.1 Å². The van der Waals surface area contributed by atoms with E-state index in [9.17, 15) is 14.7 Å². The number of alkyl carbamates (subject to hydrolysis) is 1.